The standard InChI is InChI=1S/C21H20ClN7/c1-21(2,3)19-25-13-29(28-19)16-6-4-15(5-7-16)26-20-24-11-9-17(27-20)14-8-10-23-18(22)12-14/h4-13H,1-3H3,(H,24,26,27). The second kappa shape index (κ2) is 7.60. The summed E-state index contributed by atoms with van der Waals surface area (Å²) >= 11 is 5.97. The molecular weight excluding hydrogens is 386 g/mol. The van der Waals surface area contributed by atoms with Gasteiger partial charge in [0.2, 0.25) is 5.95 Å². The number of pyridine rings is 1. The number of hydrogen-bond acceptors (Lipinski definition) is 6. The average Bonchev–Trinajstić information content (AvgIpc) is 3.20. The molecule has 0 fully saturated rings. The minimum atomic E-state index is -0.0891. The van der Waals surface area contributed by atoms with Crippen molar-refractivity contribution in [1.82, 2.24) is 29.7 Å². The summed E-state index contributed by atoms with van der Waals surface area (Å²) in [5.74, 6) is 1.31. The molecule has 0 radical (unpaired) electrons. The summed E-state index contributed by atoms with van der Waals surface area (Å²) in [6, 6.07) is 13.3. The van der Waals surface area contributed by atoms with E-state index in [0.29, 0.717) is 11.1 Å². The minimum Gasteiger partial charge on any atom is -0.324 e. The Kier molecular flexibility index (Phi) is 4.98. The lowest BCUT2D eigenvalue weighted by molar-refractivity contribution is 0.543. The summed E-state index contributed by atoms with van der Waals surface area (Å²) in [4.78, 5) is 17.2. The molecule has 1 aromatic carbocycles. The van der Waals surface area contributed by atoms with Crippen molar-refractivity contribution < 1.29 is 0 Å². The SMILES string of the molecule is CC(C)(C)c1ncn(-c2ccc(Nc3nccc(-c4ccnc(Cl)c4)n3)cc2)n1. The molecule has 0 aliphatic rings. The third kappa shape index (κ3) is 4.41. The van der Waals surface area contributed by atoms with Crippen LogP contribution in [0.5, 0.6) is 0 Å². The van der Waals surface area contributed by atoms with Crippen LogP contribution in [0.1, 0.15) is 26.6 Å². The van der Waals surface area contributed by atoms with E-state index in [-0.39, 0.29) is 5.41 Å². The molecular formula is C21H20ClN7. The van der Waals surface area contributed by atoms with Crippen LogP contribution in [0, 0.1) is 0 Å². The molecule has 3 aromatic heterocycles. The minimum absolute atomic E-state index is 0.0891. The van der Waals surface area contributed by atoms with Crippen LogP contribution in [0.2, 0.25) is 5.15 Å². The Bertz CT molecular complexity index is 1130. The summed E-state index contributed by atoms with van der Waals surface area (Å²) in [6.45, 7) is 6.27. The van der Waals surface area contributed by atoms with Crippen molar-refractivity contribution in [2.75, 3.05) is 5.32 Å². The molecule has 1 N–H and O–H groups in total. The Balaban J connectivity index is 1.52. The van der Waals surface area contributed by atoms with Crippen molar-refractivity contribution in [2.45, 2.75) is 26.2 Å². The Labute approximate surface area is 173 Å². The molecule has 0 atom stereocenters. The van der Waals surface area contributed by atoms with Gasteiger partial charge in [-0.1, -0.05) is 32.4 Å². The van der Waals surface area contributed by atoms with Gasteiger partial charge in [0.05, 0.1) is 11.4 Å². The van der Waals surface area contributed by atoms with Crippen LogP contribution < -0.4 is 5.32 Å². The molecule has 0 saturated heterocycles. The quantitative estimate of drug-likeness (QED) is 0.490. The van der Waals surface area contributed by atoms with E-state index in [4.69, 9.17) is 11.6 Å². The lowest BCUT2D eigenvalue weighted by Gasteiger charge is -2.12. The summed E-state index contributed by atoms with van der Waals surface area (Å²) in [6.07, 6.45) is 5.09. The zero-order valence-corrected chi connectivity index (χ0v) is 17.1. The zero-order chi connectivity index (χ0) is 20.4. The number of hydrogen-bond donors (Lipinski definition) is 1. The van der Waals surface area contributed by atoms with Crippen LogP contribution in [0.4, 0.5) is 11.6 Å². The number of nitrogens with one attached hydrogen (secondary N) is 1. The summed E-state index contributed by atoms with van der Waals surface area (Å²) in [5, 5.41) is 8.21. The van der Waals surface area contributed by atoms with Crippen molar-refractivity contribution in [2.24, 2.45) is 0 Å². The predicted octanol–water partition coefficient (Wildman–Crippen LogP) is 4.81. The van der Waals surface area contributed by atoms with Gasteiger partial charge in [0.1, 0.15) is 11.5 Å². The van der Waals surface area contributed by atoms with Gasteiger partial charge in [0.15, 0.2) is 5.82 Å². The summed E-state index contributed by atoms with van der Waals surface area (Å²) in [7, 11) is 0. The molecule has 7 nitrogen and oxygen atoms in total. The van der Waals surface area contributed by atoms with Crippen molar-refractivity contribution in [3.63, 3.8) is 0 Å². The van der Waals surface area contributed by atoms with E-state index < -0.39 is 0 Å². The number of benzene rings is 1. The van der Waals surface area contributed by atoms with Crippen LogP contribution in [0.15, 0.2) is 61.2 Å². The third-order valence-corrected chi connectivity index (χ3v) is 4.44. The van der Waals surface area contributed by atoms with Gasteiger partial charge in [-0.2, -0.15) is 5.10 Å². The maximum Gasteiger partial charge on any atom is 0.227 e. The van der Waals surface area contributed by atoms with E-state index in [1.165, 1.54) is 0 Å². The molecule has 3 heterocycles. The third-order valence-electron chi connectivity index (χ3n) is 4.23. The van der Waals surface area contributed by atoms with E-state index in [0.717, 1.165) is 28.5 Å². The predicted molar refractivity (Wildman–Crippen MR) is 114 cm³/mol. The zero-order valence-electron chi connectivity index (χ0n) is 16.3. The number of anilines is 2. The first-order valence-electron chi connectivity index (χ1n) is 9.13. The van der Waals surface area contributed by atoms with Crippen molar-refractivity contribution in [3.05, 3.63) is 72.2 Å². The monoisotopic (exact) mass is 405 g/mol. The first-order valence-corrected chi connectivity index (χ1v) is 9.51. The highest BCUT2D eigenvalue weighted by Crippen LogP contribution is 2.22. The van der Waals surface area contributed by atoms with E-state index in [2.05, 4.69) is 51.1 Å². The molecule has 8 heteroatoms. The fourth-order valence-corrected chi connectivity index (χ4v) is 2.87. The lowest BCUT2D eigenvalue weighted by Crippen LogP contribution is -2.14. The molecule has 0 bridgehead atoms. The van der Waals surface area contributed by atoms with Gasteiger partial charge in [-0.25, -0.2) is 24.6 Å². The fourth-order valence-electron chi connectivity index (χ4n) is 2.70. The van der Waals surface area contributed by atoms with Gasteiger partial charge in [-0.15, -0.1) is 0 Å². The Morgan fingerprint density at radius 1 is 0.931 bits per heavy atom. The summed E-state index contributed by atoms with van der Waals surface area (Å²) < 4.78 is 1.77. The molecule has 0 spiro atoms. The van der Waals surface area contributed by atoms with E-state index in [9.17, 15) is 0 Å². The maximum absolute atomic E-state index is 5.97. The largest absolute Gasteiger partial charge is 0.324 e. The molecule has 0 saturated carbocycles. The van der Waals surface area contributed by atoms with Crippen LogP contribution >= 0.6 is 11.6 Å². The molecule has 0 unspecified atom stereocenters. The van der Waals surface area contributed by atoms with Crippen LogP contribution in [0.3, 0.4) is 0 Å². The normalized spacial score (nSPS) is 11.4. The number of aromatic nitrogens is 6. The Hall–Kier alpha value is -3.32. The van der Waals surface area contributed by atoms with Crippen molar-refractivity contribution in [1.29, 1.82) is 0 Å². The first kappa shape index (κ1) is 19.0. The smallest absolute Gasteiger partial charge is 0.227 e. The molecule has 0 amide bonds. The van der Waals surface area contributed by atoms with Crippen molar-refractivity contribution in [3.8, 4) is 16.9 Å². The first-order chi connectivity index (χ1) is 13.9. The van der Waals surface area contributed by atoms with Crippen LogP contribution in [-0.4, -0.2) is 29.7 Å². The van der Waals surface area contributed by atoms with Crippen LogP contribution in [0.25, 0.3) is 16.9 Å². The molecule has 0 aliphatic heterocycles. The highest BCUT2D eigenvalue weighted by atomic mass is 35.5. The van der Waals surface area contributed by atoms with E-state index in [1.54, 1.807) is 29.5 Å². The molecule has 0 aliphatic carbocycles. The van der Waals surface area contributed by atoms with Gasteiger partial charge in [-0.05, 0) is 42.5 Å². The topological polar surface area (TPSA) is 81.4 Å². The van der Waals surface area contributed by atoms with E-state index >= 15 is 0 Å². The van der Waals surface area contributed by atoms with Gasteiger partial charge in [-0.3, -0.25) is 0 Å². The molecule has 4 aromatic rings. The second-order valence-electron chi connectivity index (χ2n) is 7.57. The molecule has 4 rings (SSSR count). The second-order valence-corrected chi connectivity index (χ2v) is 7.95. The van der Waals surface area contributed by atoms with E-state index in [1.807, 2.05) is 36.4 Å². The van der Waals surface area contributed by atoms with Crippen LogP contribution in [-0.2, 0) is 5.41 Å². The number of nitrogens with zero attached hydrogens (tertiary/aromatic N) is 6. The average molecular weight is 406 g/mol. The van der Waals surface area contributed by atoms with Gasteiger partial charge in [0, 0.05) is 29.1 Å². The van der Waals surface area contributed by atoms with Gasteiger partial charge in [0.25, 0.3) is 0 Å². The van der Waals surface area contributed by atoms with Gasteiger partial charge >= 0.3 is 0 Å². The highest BCUT2D eigenvalue weighted by Gasteiger charge is 2.18. The van der Waals surface area contributed by atoms with Crippen molar-refractivity contribution >= 4 is 23.2 Å². The number of halogens is 1. The molecule has 29 heavy (non-hydrogen) atoms. The molecule has 146 valence electrons. The Morgan fingerprint density at radius 3 is 2.38 bits per heavy atom. The lowest BCUT2D eigenvalue weighted by atomic mass is 9.96. The summed E-state index contributed by atoms with van der Waals surface area (Å²) in [5.41, 5.74) is 3.36. The van der Waals surface area contributed by atoms with Gasteiger partial charge < -0.3 is 5.32 Å². The fraction of sp³-hybridized carbons (Fsp3) is 0.190. The highest BCUT2D eigenvalue weighted by molar-refractivity contribution is 6.29. The number of rotatable bonds is 4. The maximum atomic E-state index is 5.97. The Morgan fingerprint density at radius 2 is 1.69 bits per heavy atom.